The Hall–Kier alpha value is -3.48. The fourth-order valence-corrected chi connectivity index (χ4v) is 2.79. The van der Waals surface area contributed by atoms with Crippen molar-refractivity contribution in [1.82, 2.24) is 20.2 Å². The fourth-order valence-electron chi connectivity index (χ4n) is 2.79. The Kier molecular flexibility index (Phi) is 6.51. The minimum absolute atomic E-state index is 0.595. The van der Waals surface area contributed by atoms with Crippen molar-refractivity contribution >= 4 is 5.82 Å². The first-order chi connectivity index (χ1) is 13.7. The SMILES string of the molecule is COc1c[nH][nH]cc(Cc2ccc(NCc3cccnc3OC)nc2)c(C)c1. The van der Waals surface area contributed by atoms with Gasteiger partial charge < -0.3 is 25.0 Å². The Morgan fingerprint density at radius 3 is 2.61 bits per heavy atom. The van der Waals surface area contributed by atoms with Gasteiger partial charge in [-0.05, 0) is 41.8 Å². The van der Waals surface area contributed by atoms with Crippen LogP contribution in [0.2, 0.25) is 0 Å². The zero-order chi connectivity index (χ0) is 19.8. The molecule has 146 valence electrons. The van der Waals surface area contributed by atoms with Crippen molar-refractivity contribution in [2.45, 2.75) is 19.9 Å². The molecule has 7 nitrogen and oxygen atoms in total. The van der Waals surface area contributed by atoms with Crippen molar-refractivity contribution in [3.8, 4) is 11.6 Å². The Morgan fingerprint density at radius 1 is 1.00 bits per heavy atom. The van der Waals surface area contributed by atoms with Crippen LogP contribution in [0.15, 0.2) is 55.1 Å². The van der Waals surface area contributed by atoms with Crippen molar-refractivity contribution < 1.29 is 9.47 Å². The number of ether oxygens (including phenoxy) is 2. The highest BCUT2D eigenvalue weighted by Crippen LogP contribution is 2.17. The lowest BCUT2D eigenvalue weighted by molar-refractivity contribution is 0.393. The lowest BCUT2D eigenvalue weighted by Gasteiger charge is -2.10. The smallest absolute Gasteiger partial charge is 0.218 e. The first kappa shape index (κ1) is 19.3. The van der Waals surface area contributed by atoms with Gasteiger partial charge >= 0.3 is 0 Å². The van der Waals surface area contributed by atoms with Gasteiger partial charge in [0.15, 0.2) is 0 Å². The van der Waals surface area contributed by atoms with Gasteiger partial charge in [0, 0.05) is 37.1 Å². The number of anilines is 1. The highest BCUT2D eigenvalue weighted by atomic mass is 16.5. The molecule has 0 amide bonds. The minimum atomic E-state index is 0.595. The monoisotopic (exact) mass is 379 g/mol. The standard InChI is InChI=1S/C21H25N5O2/c1-15-9-19(27-2)14-26-25-13-18(15)10-16-6-7-20(23-11-16)24-12-17-5-4-8-22-21(17)28-3/h4-9,11,13-14,25-26H,10,12H2,1-3H3,(H,23,24). The minimum Gasteiger partial charge on any atom is -0.495 e. The summed E-state index contributed by atoms with van der Waals surface area (Å²) in [7, 11) is 3.27. The number of nitrogens with one attached hydrogen (secondary N) is 3. The Balaban J connectivity index is 1.69. The zero-order valence-electron chi connectivity index (χ0n) is 16.3. The number of hydrogen-bond donors (Lipinski definition) is 3. The largest absolute Gasteiger partial charge is 0.495 e. The number of aromatic nitrogens is 4. The summed E-state index contributed by atoms with van der Waals surface area (Å²) >= 11 is 0. The van der Waals surface area contributed by atoms with E-state index in [2.05, 4.69) is 38.5 Å². The van der Waals surface area contributed by atoms with Crippen molar-refractivity contribution in [1.29, 1.82) is 0 Å². The summed E-state index contributed by atoms with van der Waals surface area (Å²) in [4.78, 5) is 8.73. The number of rotatable bonds is 7. The summed E-state index contributed by atoms with van der Waals surface area (Å²) in [6.07, 6.45) is 8.09. The van der Waals surface area contributed by atoms with Crippen LogP contribution in [-0.4, -0.2) is 34.4 Å². The number of nitrogens with zero attached hydrogens (tertiary/aromatic N) is 2. The molecule has 3 rings (SSSR count). The van der Waals surface area contributed by atoms with Crippen LogP contribution in [0.3, 0.4) is 0 Å². The average Bonchev–Trinajstić information content (AvgIpc) is 2.73. The summed E-state index contributed by atoms with van der Waals surface area (Å²) in [6, 6.07) is 9.93. The number of pyridine rings is 2. The van der Waals surface area contributed by atoms with Gasteiger partial charge in [-0.2, -0.15) is 0 Å². The molecule has 0 aliphatic carbocycles. The third kappa shape index (κ3) is 5.03. The van der Waals surface area contributed by atoms with Crippen molar-refractivity contribution in [3.05, 3.63) is 77.4 Å². The Labute approximate surface area is 164 Å². The molecule has 7 heteroatoms. The highest BCUT2D eigenvalue weighted by molar-refractivity contribution is 5.40. The predicted octanol–water partition coefficient (Wildman–Crippen LogP) is 3.79. The topological polar surface area (TPSA) is 87.9 Å². The van der Waals surface area contributed by atoms with E-state index >= 15 is 0 Å². The van der Waals surface area contributed by atoms with E-state index < -0.39 is 0 Å². The molecule has 0 radical (unpaired) electrons. The van der Waals surface area contributed by atoms with Gasteiger partial charge in [-0.3, -0.25) is 0 Å². The maximum absolute atomic E-state index is 5.31. The summed E-state index contributed by atoms with van der Waals surface area (Å²) in [6.45, 7) is 2.66. The molecule has 3 aromatic heterocycles. The van der Waals surface area contributed by atoms with Crippen LogP contribution < -0.4 is 14.8 Å². The molecular weight excluding hydrogens is 354 g/mol. The maximum atomic E-state index is 5.31. The molecule has 0 spiro atoms. The maximum Gasteiger partial charge on any atom is 0.218 e. The van der Waals surface area contributed by atoms with Gasteiger partial charge in [-0.1, -0.05) is 12.1 Å². The van der Waals surface area contributed by atoms with Gasteiger partial charge in [0.25, 0.3) is 0 Å². The van der Waals surface area contributed by atoms with Crippen LogP contribution >= 0.6 is 0 Å². The predicted molar refractivity (Wildman–Crippen MR) is 109 cm³/mol. The van der Waals surface area contributed by atoms with Gasteiger partial charge in [0.1, 0.15) is 11.6 Å². The molecule has 0 aliphatic heterocycles. The van der Waals surface area contributed by atoms with E-state index in [-0.39, 0.29) is 0 Å². The Morgan fingerprint density at radius 2 is 1.86 bits per heavy atom. The number of aryl methyl sites for hydroxylation is 1. The van der Waals surface area contributed by atoms with Gasteiger partial charge in [0.05, 0.1) is 20.4 Å². The normalized spacial score (nSPS) is 10.2. The quantitative estimate of drug-likeness (QED) is 0.581. The molecule has 0 unspecified atom stereocenters. The molecule has 0 saturated carbocycles. The van der Waals surface area contributed by atoms with Crippen LogP contribution in [-0.2, 0) is 13.0 Å². The van der Waals surface area contributed by atoms with Gasteiger partial charge in [-0.15, -0.1) is 0 Å². The third-order valence-electron chi connectivity index (χ3n) is 4.37. The second-order valence-corrected chi connectivity index (χ2v) is 6.29. The lowest BCUT2D eigenvalue weighted by atomic mass is 10.0. The zero-order valence-corrected chi connectivity index (χ0v) is 16.3. The van der Waals surface area contributed by atoms with Crippen LogP contribution in [0, 0.1) is 6.92 Å². The van der Waals surface area contributed by atoms with Crippen molar-refractivity contribution in [3.63, 3.8) is 0 Å². The van der Waals surface area contributed by atoms with E-state index in [0.29, 0.717) is 12.4 Å². The van der Waals surface area contributed by atoms with Crippen LogP contribution in [0.4, 0.5) is 5.82 Å². The molecule has 3 aromatic rings. The van der Waals surface area contributed by atoms with E-state index in [9.17, 15) is 0 Å². The fraction of sp³-hybridized carbons (Fsp3) is 0.238. The summed E-state index contributed by atoms with van der Waals surface area (Å²) in [5.74, 6) is 2.19. The second kappa shape index (κ2) is 9.45. The van der Waals surface area contributed by atoms with Crippen molar-refractivity contribution in [2.75, 3.05) is 19.5 Å². The molecule has 0 fully saturated rings. The van der Waals surface area contributed by atoms with E-state index in [4.69, 9.17) is 9.47 Å². The van der Waals surface area contributed by atoms with E-state index in [1.165, 1.54) is 0 Å². The molecule has 3 N–H and O–H groups in total. The molecular formula is C21H25N5O2. The van der Waals surface area contributed by atoms with Gasteiger partial charge in [0.2, 0.25) is 5.88 Å². The molecule has 28 heavy (non-hydrogen) atoms. The highest BCUT2D eigenvalue weighted by Gasteiger charge is 2.05. The van der Waals surface area contributed by atoms with E-state index in [0.717, 1.165) is 40.2 Å². The summed E-state index contributed by atoms with van der Waals surface area (Å²) in [5.41, 5.74) is 4.39. The van der Waals surface area contributed by atoms with E-state index in [1.54, 1.807) is 26.6 Å². The van der Waals surface area contributed by atoms with Crippen LogP contribution in [0.1, 0.15) is 22.3 Å². The molecule has 3 heterocycles. The number of aromatic amines is 2. The van der Waals surface area contributed by atoms with Gasteiger partial charge in [-0.25, -0.2) is 9.97 Å². The lowest BCUT2D eigenvalue weighted by Crippen LogP contribution is -2.04. The van der Waals surface area contributed by atoms with Crippen LogP contribution in [0.5, 0.6) is 11.6 Å². The molecule has 0 aromatic carbocycles. The van der Waals surface area contributed by atoms with Crippen molar-refractivity contribution in [2.24, 2.45) is 0 Å². The second-order valence-electron chi connectivity index (χ2n) is 6.29. The Bertz CT molecular complexity index is 945. The number of hydrogen-bond acceptors (Lipinski definition) is 5. The summed E-state index contributed by atoms with van der Waals surface area (Å²) < 4.78 is 10.6. The third-order valence-corrected chi connectivity index (χ3v) is 4.37. The number of methoxy groups -OCH3 is 2. The number of H-pyrrole nitrogens is 2. The van der Waals surface area contributed by atoms with E-state index in [1.807, 2.05) is 36.7 Å². The molecule has 0 atom stereocenters. The summed E-state index contributed by atoms with van der Waals surface area (Å²) in [5, 5.41) is 9.33. The molecule has 0 aliphatic rings. The first-order valence-electron chi connectivity index (χ1n) is 8.99. The molecule has 0 saturated heterocycles. The molecule has 0 bridgehead atoms. The van der Waals surface area contributed by atoms with Crippen LogP contribution in [0.25, 0.3) is 0 Å². The average molecular weight is 379 g/mol. The first-order valence-corrected chi connectivity index (χ1v) is 8.99.